The summed E-state index contributed by atoms with van der Waals surface area (Å²) < 4.78 is 2.19. The molecule has 7 fully saturated rings. The largest absolute Gasteiger partial charge is 0.382 e. The van der Waals surface area contributed by atoms with Crippen molar-refractivity contribution in [2.24, 2.45) is 11.8 Å². The Morgan fingerprint density at radius 3 is 2.27 bits per heavy atom. The molecule has 13 rings (SSSR count). The second-order valence-electron chi connectivity index (χ2n) is 24.1. The van der Waals surface area contributed by atoms with Crippen LogP contribution in [0.5, 0.6) is 0 Å². The summed E-state index contributed by atoms with van der Waals surface area (Å²) in [7, 11) is 0. The number of imide groups is 2. The molecule has 2 aromatic heterocycles. The van der Waals surface area contributed by atoms with Crippen LogP contribution in [0.1, 0.15) is 155 Å². The van der Waals surface area contributed by atoms with Gasteiger partial charge in [-0.3, -0.25) is 43.8 Å². The van der Waals surface area contributed by atoms with Crippen molar-refractivity contribution in [3.8, 4) is 11.3 Å². The van der Waals surface area contributed by atoms with Gasteiger partial charge in [0.2, 0.25) is 29.5 Å². The molecule has 9 aliphatic rings. The second-order valence-corrected chi connectivity index (χ2v) is 24.1. The molecule has 0 bridgehead atoms. The minimum absolute atomic E-state index is 0.0173. The van der Waals surface area contributed by atoms with Gasteiger partial charge in [-0.2, -0.15) is 0 Å². The van der Waals surface area contributed by atoms with E-state index in [4.69, 9.17) is 9.97 Å². The van der Waals surface area contributed by atoms with E-state index in [1.54, 1.807) is 18.2 Å². The third kappa shape index (κ3) is 8.86. The molecule has 6 aliphatic heterocycles. The first-order valence-corrected chi connectivity index (χ1v) is 28.9. The lowest BCUT2D eigenvalue weighted by atomic mass is 9.73. The Morgan fingerprint density at radius 1 is 0.779 bits per heavy atom. The van der Waals surface area contributed by atoms with Crippen molar-refractivity contribution in [1.29, 1.82) is 0 Å². The van der Waals surface area contributed by atoms with Gasteiger partial charge in [0.05, 0.1) is 34.1 Å². The summed E-state index contributed by atoms with van der Waals surface area (Å²) in [5.41, 5.74) is 6.10. The molecule has 77 heavy (non-hydrogen) atoms. The van der Waals surface area contributed by atoms with Crippen molar-refractivity contribution in [1.82, 2.24) is 39.5 Å². The first-order valence-electron chi connectivity index (χ1n) is 28.9. The highest BCUT2D eigenvalue weighted by molar-refractivity contribution is 6.25. The summed E-state index contributed by atoms with van der Waals surface area (Å²) >= 11 is 0. The molecule has 3 saturated carbocycles. The average Bonchev–Trinajstić information content (AvgIpc) is 3.76. The van der Waals surface area contributed by atoms with Crippen molar-refractivity contribution < 1.29 is 33.6 Å². The maximum Gasteiger partial charge on any atom is 0.264 e. The number of imidazole rings is 1. The SMILES string of the molecule is CC(C)n1cnc2cc(-c3ccc4c(c3)N(C3CC(N5CCCCC5)C3)C(=O)C43CCN(C(=O)C[C@@H]4CCN(C(=O)C5CCC(Nc6cccc7c6C(=O)N([C@@H]6CCC(=O)NC6=O)C7=O)CC5)C4)CC3)nc(NC3CC3)c21. The van der Waals surface area contributed by atoms with E-state index in [0.29, 0.717) is 88.9 Å². The van der Waals surface area contributed by atoms with Crippen LogP contribution in [0.4, 0.5) is 17.2 Å². The number of carbonyl (C=O) groups excluding carboxylic acids is 7. The van der Waals surface area contributed by atoms with Crippen LogP contribution >= 0.6 is 0 Å². The molecular weight excluding hydrogens is 975 g/mol. The average molecular weight is 1050 g/mol. The minimum atomic E-state index is -1.04. The van der Waals surface area contributed by atoms with E-state index in [1.165, 1.54) is 19.3 Å². The van der Waals surface area contributed by atoms with E-state index in [1.807, 2.05) is 16.1 Å². The van der Waals surface area contributed by atoms with Crippen molar-refractivity contribution in [2.75, 3.05) is 54.8 Å². The Morgan fingerprint density at radius 2 is 1.53 bits per heavy atom. The van der Waals surface area contributed by atoms with E-state index in [2.05, 4.69) is 68.4 Å². The fourth-order valence-electron chi connectivity index (χ4n) is 14.4. The highest BCUT2D eigenvalue weighted by Crippen LogP contribution is 2.52. The number of benzene rings is 2. The number of piperidine rings is 3. The first-order chi connectivity index (χ1) is 37.3. The molecule has 18 heteroatoms. The lowest BCUT2D eigenvalue weighted by molar-refractivity contribution is -0.137. The predicted octanol–water partition coefficient (Wildman–Crippen LogP) is 6.79. The van der Waals surface area contributed by atoms with E-state index >= 15 is 4.79 Å². The first kappa shape index (κ1) is 49.9. The van der Waals surface area contributed by atoms with Gasteiger partial charge in [-0.1, -0.05) is 24.6 Å². The number of hydrogen-bond donors (Lipinski definition) is 3. The lowest BCUT2D eigenvalue weighted by Gasteiger charge is -2.48. The number of rotatable bonds is 12. The number of aromatic nitrogens is 3. The second kappa shape index (κ2) is 19.6. The number of anilines is 3. The van der Waals surface area contributed by atoms with Gasteiger partial charge in [0.1, 0.15) is 11.6 Å². The molecule has 0 unspecified atom stereocenters. The maximum atomic E-state index is 15.2. The Kier molecular flexibility index (Phi) is 12.7. The summed E-state index contributed by atoms with van der Waals surface area (Å²) in [6.07, 6.45) is 15.1. The number of pyridine rings is 1. The van der Waals surface area contributed by atoms with Gasteiger partial charge in [-0.15, -0.1) is 0 Å². The van der Waals surface area contributed by atoms with Crippen molar-refractivity contribution >= 4 is 69.6 Å². The zero-order chi connectivity index (χ0) is 52.9. The summed E-state index contributed by atoms with van der Waals surface area (Å²) in [6, 6.07) is 13.9. The molecule has 3 aliphatic carbocycles. The van der Waals surface area contributed by atoms with Gasteiger partial charge in [-0.05, 0) is 153 Å². The molecule has 18 nitrogen and oxygen atoms in total. The summed E-state index contributed by atoms with van der Waals surface area (Å²) in [4.78, 5) is 115. The van der Waals surface area contributed by atoms with Gasteiger partial charge < -0.3 is 34.8 Å². The molecule has 8 heterocycles. The molecular formula is C59H71N11O7. The van der Waals surface area contributed by atoms with Crippen LogP contribution < -0.4 is 20.9 Å². The Balaban J connectivity index is 0.643. The number of likely N-dealkylation sites (tertiary alicyclic amines) is 3. The third-order valence-corrected chi connectivity index (χ3v) is 19.0. The van der Waals surface area contributed by atoms with Crippen LogP contribution in [-0.2, 0) is 29.4 Å². The predicted molar refractivity (Wildman–Crippen MR) is 289 cm³/mol. The van der Waals surface area contributed by atoms with E-state index < -0.39 is 35.1 Å². The fraction of sp³-hybridized carbons (Fsp3) is 0.576. The van der Waals surface area contributed by atoms with E-state index in [9.17, 15) is 28.8 Å². The summed E-state index contributed by atoms with van der Waals surface area (Å²) in [6.45, 7) is 8.80. The number of amides is 7. The number of nitrogens with one attached hydrogen (secondary N) is 3. The Labute approximate surface area is 449 Å². The van der Waals surface area contributed by atoms with Crippen LogP contribution in [0.3, 0.4) is 0 Å². The minimum Gasteiger partial charge on any atom is -0.382 e. The summed E-state index contributed by atoms with van der Waals surface area (Å²) in [5.74, 6) is -0.952. The molecule has 2 aromatic carbocycles. The molecule has 4 aromatic rings. The number of nitrogens with zero attached hydrogens (tertiary/aromatic N) is 8. The van der Waals surface area contributed by atoms with Crippen LogP contribution in [0.2, 0.25) is 0 Å². The lowest BCUT2D eigenvalue weighted by Crippen LogP contribution is -2.58. The molecule has 4 saturated heterocycles. The van der Waals surface area contributed by atoms with Gasteiger partial charge >= 0.3 is 0 Å². The molecule has 3 N–H and O–H groups in total. The van der Waals surface area contributed by atoms with Crippen LogP contribution in [0, 0.1) is 11.8 Å². The van der Waals surface area contributed by atoms with Crippen molar-refractivity contribution in [2.45, 2.75) is 165 Å². The van der Waals surface area contributed by atoms with Gasteiger partial charge in [0, 0.05) is 92.1 Å². The van der Waals surface area contributed by atoms with Crippen LogP contribution in [-0.4, -0.2) is 145 Å². The van der Waals surface area contributed by atoms with E-state index in [-0.39, 0.29) is 71.7 Å². The third-order valence-electron chi connectivity index (χ3n) is 19.0. The highest BCUT2D eigenvalue weighted by atomic mass is 16.2. The normalized spacial score (nSPS) is 27.4. The smallest absolute Gasteiger partial charge is 0.264 e. The number of hydrogen-bond acceptors (Lipinski definition) is 12. The van der Waals surface area contributed by atoms with E-state index in [0.717, 1.165) is 89.5 Å². The molecule has 2 atom stereocenters. The van der Waals surface area contributed by atoms with Gasteiger partial charge in [0.25, 0.3) is 11.8 Å². The fourth-order valence-corrected chi connectivity index (χ4v) is 14.4. The van der Waals surface area contributed by atoms with Gasteiger partial charge in [-0.25, -0.2) is 9.97 Å². The molecule has 1 spiro atoms. The molecule has 0 radical (unpaired) electrons. The van der Waals surface area contributed by atoms with Crippen molar-refractivity contribution in [3.05, 3.63) is 65.5 Å². The highest BCUT2D eigenvalue weighted by Gasteiger charge is 2.56. The zero-order valence-electron chi connectivity index (χ0n) is 44.4. The summed E-state index contributed by atoms with van der Waals surface area (Å²) in [5, 5.41) is 9.43. The van der Waals surface area contributed by atoms with Crippen molar-refractivity contribution in [3.63, 3.8) is 0 Å². The van der Waals surface area contributed by atoms with Gasteiger partial charge in [0.15, 0.2) is 5.82 Å². The standard InChI is InChI=1S/C59H71N11O7/c1-34(2)68-33-60-46-31-45(63-53(52(46)68)62-39-14-15-39)37-11-16-43-48(28-37)69(41-29-40(30-41)65-22-4-3-5-23-65)58(77)59(43)20-25-66(26-21-59)50(72)27-35-19-24-67(32-35)55(74)36-9-12-38(13-10-36)61-44-8-6-7-42-51(44)57(76)70(56(42)75)47-17-18-49(71)64-54(47)73/h6-8,11,16,28,31,33-36,38-41,47,61H,3-5,9-10,12-15,17-27,29-30,32H2,1-2H3,(H,62,63)(H,64,71,73)/t35-,36?,38?,40?,41?,47+/m0/s1. The molecule has 404 valence electrons. The topological polar surface area (TPSA) is 202 Å². The van der Waals surface area contributed by atoms with Crippen LogP contribution in [0.15, 0.2) is 48.8 Å². The zero-order valence-corrected chi connectivity index (χ0v) is 44.4. The molecule has 7 amide bonds. The Hall–Kier alpha value is -6.69. The Bertz CT molecular complexity index is 3080. The maximum absolute atomic E-state index is 15.2. The number of fused-ring (bicyclic) bond motifs is 4. The monoisotopic (exact) mass is 1050 g/mol. The number of carbonyl (C=O) groups is 7. The van der Waals surface area contributed by atoms with Crippen LogP contribution in [0.25, 0.3) is 22.3 Å². The quantitative estimate of drug-likeness (QED) is 0.126.